The summed E-state index contributed by atoms with van der Waals surface area (Å²) in [5.74, 6) is 2.16. The normalized spacial score (nSPS) is 11.5. The lowest BCUT2D eigenvalue weighted by atomic mass is 10.1. The van der Waals surface area contributed by atoms with Gasteiger partial charge in [-0.1, -0.05) is 42.5 Å². The van der Waals surface area contributed by atoms with Crippen LogP contribution in [0.4, 0.5) is 0 Å². The zero-order valence-corrected chi connectivity index (χ0v) is 17.5. The van der Waals surface area contributed by atoms with Crippen LogP contribution in [0.2, 0.25) is 0 Å². The van der Waals surface area contributed by atoms with E-state index in [0.29, 0.717) is 18.7 Å². The Labute approximate surface area is 171 Å². The third kappa shape index (κ3) is 6.60. The van der Waals surface area contributed by atoms with Crippen molar-refractivity contribution in [2.45, 2.75) is 31.7 Å². The summed E-state index contributed by atoms with van der Waals surface area (Å²) in [4.78, 5) is 26.6. The van der Waals surface area contributed by atoms with Gasteiger partial charge in [0.05, 0.1) is 7.11 Å². The largest absolute Gasteiger partial charge is 0.497 e. The maximum absolute atomic E-state index is 12.9. The van der Waals surface area contributed by atoms with Crippen LogP contribution in [0.25, 0.3) is 0 Å². The minimum Gasteiger partial charge on any atom is -0.497 e. The summed E-state index contributed by atoms with van der Waals surface area (Å²) >= 11 is 1.72. The van der Waals surface area contributed by atoms with Crippen LogP contribution in [0.5, 0.6) is 5.75 Å². The number of rotatable bonds is 10. The van der Waals surface area contributed by atoms with Crippen molar-refractivity contribution in [1.82, 2.24) is 10.2 Å². The van der Waals surface area contributed by atoms with Crippen LogP contribution < -0.4 is 10.1 Å². The van der Waals surface area contributed by atoms with Crippen molar-refractivity contribution >= 4 is 23.6 Å². The molecule has 1 unspecified atom stereocenters. The molecule has 0 saturated heterocycles. The highest BCUT2D eigenvalue weighted by atomic mass is 32.2. The van der Waals surface area contributed by atoms with Crippen molar-refractivity contribution in [3.05, 3.63) is 65.7 Å². The molecule has 1 atom stereocenters. The van der Waals surface area contributed by atoms with E-state index in [2.05, 4.69) is 17.4 Å². The highest BCUT2D eigenvalue weighted by Crippen LogP contribution is 2.17. The summed E-state index contributed by atoms with van der Waals surface area (Å²) in [6.07, 6.45) is 0.398. The average molecular weight is 401 g/mol. The Kier molecular flexibility index (Phi) is 8.88. The van der Waals surface area contributed by atoms with Gasteiger partial charge in [0.25, 0.3) is 0 Å². The number of benzene rings is 2. The van der Waals surface area contributed by atoms with E-state index in [9.17, 15) is 9.59 Å². The van der Waals surface area contributed by atoms with Gasteiger partial charge in [0, 0.05) is 31.5 Å². The molecule has 2 aromatic rings. The van der Waals surface area contributed by atoms with Gasteiger partial charge in [-0.3, -0.25) is 9.59 Å². The highest BCUT2D eigenvalue weighted by molar-refractivity contribution is 7.98. The molecule has 0 heterocycles. The second kappa shape index (κ2) is 11.4. The molecule has 2 aromatic carbocycles. The first-order valence-electron chi connectivity index (χ1n) is 9.30. The molecule has 0 bridgehead atoms. The Morgan fingerprint density at radius 1 is 1.07 bits per heavy atom. The van der Waals surface area contributed by atoms with Crippen molar-refractivity contribution < 1.29 is 14.3 Å². The standard InChI is InChI=1S/C22H28N2O3S/c1-17(22(26)23-2)24(15-18-9-11-20(27-3)12-10-18)21(25)13-14-28-16-19-7-5-4-6-8-19/h4-12,17H,13-16H2,1-3H3,(H,23,26). The second-order valence-corrected chi connectivity index (χ2v) is 7.55. The molecule has 2 rings (SSSR count). The molecule has 0 aliphatic heterocycles. The molecule has 0 saturated carbocycles. The van der Waals surface area contributed by atoms with E-state index in [-0.39, 0.29) is 11.8 Å². The molecule has 2 amide bonds. The maximum Gasteiger partial charge on any atom is 0.242 e. The molecule has 5 nitrogen and oxygen atoms in total. The summed E-state index contributed by atoms with van der Waals surface area (Å²) in [6, 6.07) is 17.2. The van der Waals surface area contributed by atoms with Gasteiger partial charge < -0.3 is 15.0 Å². The van der Waals surface area contributed by atoms with Crippen molar-refractivity contribution in [2.24, 2.45) is 0 Å². The molecule has 1 N–H and O–H groups in total. The highest BCUT2D eigenvalue weighted by Gasteiger charge is 2.25. The molecule has 0 spiro atoms. The van der Waals surface area contributed by atoms with Crippen molar-refractivity contribution in [3.63, 3.8) is 0 Å². The van der Waals surface area contributed by atoms with Gasteiger partial charge in [-0.2, -0.15) is 11.8 Å². The van der Waals surface area contributed by atoms with Crippen LogP contribution in [-0.2, 0) is 21.9 Å². The monoisotopic (exact) mass is 400 g/mol. The zero-order valence-electron chi connectivity index (χ0n) is 16.7. The molecule has 0 aromatic heterocycles. The number of hydrogen-bond acceptors (Lipinski definition) is 4. The average Bonchev–Trinajstić information content (AvgIpc) is 2.75. The number of methoxy groups -OCH3 is 1. The lowest BCUT2D eigenvalue weighted by molar-refractivity contribution is -0.140. The van der Waals surface area contributed by atoms with Crippen LogP contribution in [0.15, 0.2) is 54.6 Å². The summed E-state index contributed by atoms with van der Waals surface area (Å²) in [5.41, 5.74) is 2.20. The third-order valence-electron chi connectivity index (χ3n) is 4.50. The molecule has 28 heavy (non-hydrogen) atoms. The van der Waals surface area contributed by atoms with E-state index in [4.69, 9.17) is 4.74 Å². The Morgan fingerprint density at radius 2 is 1.75 bits per heavy atom. The smallest absolute Gasteiger partial charge is 0.242 e. The molecule has 6 heteroatoms. The number of thioether (sulfide) groups is 1. The number of nitrogens with one attached hydrogen (secondary N) is 1. The summed E-state index contributed by atoms with van der Waals surface area (Å²) in [5, 5.41) is 2.63. The number of amides is 2. The SMILES string of the molecule is CNC(=O)C(C)N(Cc1ccc(OC)cc1)C(=O)CCSCc1ccccc1. The van der Waals surface area contributed by atoms with Gasteiger partial charge in [0.15, 0.2) is 0 Å². The summed E-state index contributed by atoms with van der Waals surface area (Å²) in [6.45, 7) is 2.15. The van der Waals surface area contributed by atoms with Gasteiger partial charge in [-0.05, 0) is 30.2 Å². The second-order valence-electron chi connectivity index (χ2n) is 6.45. The summed E-state index contributed by atoms with van der Waals surface area (Å²) < 4.78 is 5.18. The van der Waals surface area contributed by atoms with E-state index in [1.165, 1.54) is 5.56 Å². The number of nitrogens with zero attached hydrogens (tertiary/aromatic N) is 1. The number of carbonyl (C=O) groups excluding carboxylic acids is 2. The number of likely N-dealkylation sites (N-methyl/N-ethyl adjacent to an activating group) is 1. The first-order valence-corrected chi connectivity index (χ1v) is 10.5. The molecular weight excluding hydrogens is 372 g/mol. The fourth-order valence-corrected chi connectivity index (χ4v) is 3.68. The molecule has 0 aliphatic rings. The minimum absolute atomic E-state index is 0.0209. The molecule has 0 fully saturated rings. The van der Waals surface area contributed by atoms with Crippen LogP contribution in [-0.4, -0.2) is 42.7 Å². The number of hydrogen-bond donors (Lipinski definition) is 1. The first-order chi connectivity index (χ1) is 13.5. The van der Waals surface area contributed by atoms with Crippen molar-refractivity contribution in [1.29, 1.82) is 0 Å². The number of ether oxygens (including phenoxy) is 1. The third-order valence-corrected chi connectivity index (χ3v) is 5.53. The Hall–Kier alpha value is -2.47. The zero-order chi connectivity index (χ0) is 20.4. The van der Waals surface area contributed by atoms with E-state index in [1.54, 1.807) is 37.7 Å². The van der Waals surface area contributed by atoms with E-state index in [1.807, 2.05) is 42.5 Å². The minimum atomic E-state index is -0.529. The van der Waals surface area contributed by atoms with Gasteiger partial charge in [-0.25, -0.2) is 0 Å². The van der Waals surface area contributed by atoms with Crippen molar-refractivity contribution in [3.8, 4) is 5.75 Å². The predicted octanol–water partition coefficient (Wildman–Crippen LogP) is 3.48. The van der Waals surface area contributed by atoms with Gasteiger partial charge in [0.2, 0.25) is 11.8 Å². The Morgan fingerprint density at radius 3 is 2.36 bits per heavy atom. The lowest BCUT2D eigenvalue weighted by Crippen LogP contribution is -2.46. The van der Waals surface area contributed by atoms with Gasteiger partial charge in [0.1, 0.15) is 11.8 Å². The topological polar surface area (TPSA) is 58.6 Å². The fraction of sp³-hybridized carbons (Fsp3) is 0.364. The molecule has 0 radical (unpaired) electrons. The van der Waals surface area contributed by atoms with Crippen molar-refractivity contribution in [2.75, 3.05) is 19.9 Å². The van der Waals surface area contributed by atoms with E-state index in [0.717, 1.165) is 17.1 Å². The van der Waals surface area contributed by atoms with Crippen LogP contribution >= 0.6 is 11.8 Å². The number of carbonyl (C=O) groups is 2. The van der Waals surface area contributed by atoms with Crippen LogP contribution in [0.1, 0.15) is 24.5 Å². The van der Waals surface area contributed by atoms with E-state index >= 15 is 0 Å². The maximum atomic E-state index is 12.9. The molecular formula is C22H28N2O3S. The first kappa shape index (κ1) is 21.8. The van der Waals surface area contributed by atoms with Crippen LogP contribution in [0.3, 0.4) is 0 Å². The Balaban J connectivity index is 1.96. The lowest BCUT2D eigenvalue weighted by Gasteiger charge is -2.28. The summed E-state index contributed by atoms with van der Waals surface area (Å²) in [7, 11) is 3.20. The quantitative estimate of drug-likeness (QED) is 0.621. The predicted molar refractivity (Wildman–Crippen MR) is 114 cm³/mol. The Bertz CT molecular complexity index is 750. The fourth-order valence-electron chi connectivity index (χ4n) is 2.79. The van der Waals surface area contributed by atoms with Crippen LogP contribution in [0, 0.1) is 0 Å². The molecule has 0 aliphatic carbocycles. The van der Waals surface area contributed by atoms with E-state index < -0.39 is 6.04 Å². The molecule has 150 valence electrons. The van der Waals surface area contributed by atoms with Gasteiger partial charge >= 0.3 is 0 Å². The van der Waals surface area contributed by atoms with Gasteiger partial charge in [-0.15, -0.1) is 0 Å².